The summed E-state index contributed by atoms with van der Waals surface area (Å²) in [4.78, 5) is 2.34. The molecule has 1 aromatic carbocycles. The van der Waals surface area contributed by atoms with Crippen molar-refractivity contribution in [2.45, 2.75) is 26.8 Å². The Morgan fingerprint density at radius 1 is 1.29 bits per heavy atom. The van der Waals surface area contributed by atoms with Crippen molar-refractivity contribution < 1.29 is 0 Å². The summed E-state index contributed by atoms with van der Waals surface area (Å²) < 4.78 is 1.11. The average Bonchev–Trinajstić information content (AvgIpc) is 2.28. The molecule has 1 aromatic rings. The smallest absolute Gasteiger partial charge is 0.0635 e. The average molecular weight is 295 g/mol. The van der Waals surface area contributed by atoms with Crippen LogP contribution in [0.25, 0.3) is 0 Å². The highest BCUT2D eigenvalue weighted by Gasteiger charge is 2.07. The summed E-state index contributed by atoms with van der Waals surface area (Å²) in [6.45, 7) is 7.23. The van der Waals surface area contributed by atoms with Gasteiger partial charge in [-0.25, -0.2) is 0 Å². The molecule has 0 fully saturated rings. The zero-order valence-corrected chi connectivity index (χ0v) is 12.1. The van der Waals surface area contributed by atoms with E-state index in [-0.39, 0.29) is 0 Å². The lowest BCUT2D eigenvalue weighted by Crippen LogP contribution is -2.28. The van der Waals surface area contributed by atoms with Gasteiger partial charge in [-0.05, 0) is 23.6 Å². The second-order valence-corrected chi connectivity index (χ2v) is 5.58. The third-order valence-electron chi connectivity index (χ3n) is 2.48. The van der Waals surface area contributed by atoms with E-state index in [4.69, 9.17) is 5.26 Å². The number of rotatable bonds is 6. The summed E-state index contributed by atoms with van der Waals surface area (Å²) in [7, 11) is 0. The standard InChI is InChI=1S/C14H19BrN2/c1-12(2)10-17(9-3-8-16)11-13-4-6-14(15)7-5-13/h4-7,12H,3,9-11H2,1-2H3. The van der Waals surface area contributed by atoms with E-state index in [1.807, 2.05) is 0 Å². The van der Waals surface area contributed by atoms with Crippen molar-refractivity contribution in [2.75, 3.05) is 13.1 Å². The summed E-state index contributed by atoms with van der Waals surface area (Å²) in [6.07, 6.45) is 0.600. The van der Waals surface area contributed by atoms with E-state index in [1.165, 1.54) is 5.56 Å². The van der Waals surface area contributed by atoms with Crippen molar-refractivity contribution in [1.29, 1.82) is 5.26 Å². The minimum absolute atomic E-state index is 0.600. The Balaban J connectivity index is 2.58. The van der Waals surface area contributed by atoms with Gasteiger partial charge in [0, 0.05) is 30.5 Å². The number of hydrogen-bond acceptors (Lipinski definition) is 2. The first kappa shape index (κ1) is 14.2. The molecule has 0 aliphatic rings. The van der Waals surface area contributed by atoms with Gasteiger partial charge in [0.15, 0.2) is 0 Å². The third-order valence-corrected chi connectivity index (χ3v) is 3.01. The summed E-state index contributed by atoms with van der Waals surface area (Å²) >= 11 is 3.44. The van der Waals surface area contributed by atoms with E-state index < -0.39 is 0 Å². The highest BCUT2D eigenvalue weighted by atomic mass is 79.9. The molecule has 0 N–H and O–H groups in total. The number of nitriles is 1. The Labute approximate surface area is 112 Å². The normalized spacial score (nSPS) is 10.8. The maximum atomic E-state index is 8.67. The summed E-state index contributed by atoms with van der Waals surface area (Å²) in [6, 6.07) is 10.6. The van der Waals surface area contributed by atoms with Gasteiger partial charge in [0.05, 0.1) is 6.07 Å². The highest BCUT2D eigenvalue weighted by Crippen LogP contribution is 2.13. The van der Waals surface area contributed by atoms with Crippen LogP contribution in [-0.4, -0.2) is 18.0 Å². The van der Waals surface area contributed by atoms with Gasteiger partial charge >= 0.3 is 0 Å². The van der Waals surface area contributed by atoms with Crippen LogP contribution in [0.15, 0.2) is 28.7 Å². The molecule has 0 unspecified atom stereocenters. The molecule has 92 valence electrons. The molecule has 0 bridgehead atoms. The number of nitrogens with zero attached hydrogens (tertiary/aromatic N) is 2. The third kappa shape index (κ3) is 5.86. The van der Waals surface area contributed by atoms with Crippen LogP contribution in [0.2, 0.25) is 0 Å². The molecule has 0 spiro atoms. The fourth-order valence-electron chi connectivity index (χ4n) is 1.81. The summed E-state index contributed by atoms with van der Waals surface area (Å²) in [5.74, 6) is 0.629. The first-order valence-electron chi connectivity index (χ1n) is 5.95. The number of hydrogen-bond donors (Lipinski definition) is 0. The summed E-state index contributed by atoms with van der Waals surface area (Å²) in [5, 5.41) is 8.67. The fourth-order valence-corrected chi connectivity index (χ4v) is 2.07. The van der Waals surface area contributed by atoms with Crippen LogP contribution in [0.4, 0.5) is 0 Å². The molecule has 0 aromatic heterocycles. The maximum absolute atomic E-state index is 8.67. The van der Waals surface area contributed by atoms with Crippen molar-refractivity contribution in [2.24, 2.45) is 5.92 Å². The predicted octanol–water partition coefficient (Wildman–Crippen LogP) is 3.82. The SMILES string of the molecule is CC(C)CN(CCC#N)Cc1ccc(Br)cc1. The van der Waals surface area contributed by atoms with E-state index in [1.54, 1.807) is 0 Å². The Morgan fingerprint density at radius 2 is 1.94 bits per heavy atom. The fraction of sp³-hybridized carbons (Fsp3) is 0.500. The van der Waals surface area contributed by atoms with Crippen LogP contribution >= 0.6 is 15.9 Å². The van der Waals surface area contributed by atoms with Crippen LogP contribution in [-0.2, 0) is 6.54 Å². The Kier molecular flexibility index (Phi) is 6.25. The van der Waals surface area contributed by atoms with Gasteiger partial charge in [-0.1, -0.05) is 41.9 Å². The zero-order chi connectivity index (χ0) is 12.7. The number of halogens is 1. The lowest BCUT2D eigenvalue weighted by molar-refractivity contribution is 0.241. The Morgan fingerprint density at radius 3 is 2.47 bits per heavy atom. The highest BCUT2D eigenvalue weighted by molar-refractivity contribution is 9.10. The molecular formula is C14H19BrN2. The van der Waals surface area contributed by atoms with Gasteiger partial charge in [-0.15, -0.1) is 0 Å². The lowest BCUT2D eigenvalue weighted by Gasteiger charge is -2.23. The second-order valence-electron chi connectivity index (χ2n) is 4.66. The largest absolute Gasteiger partial charge is 0.298 e. The van der Waals surface area contributed by atoms with Crippen molar-refractivity contribution >= 4 is 15.9 Å². The molecule has 0 aliphatic carbocycles. The van der Waals surface area contributed by atoms with Gasteiger partial charge in [-0.2, -0.15) is 5.26 Å². The number of benzene rings is 1. The van der Waals surface area contributed by atoms with E-state index in [2.05, 4.69) is 65.0 Å². The molecule has 1 rings (SSSR count). The Bertz CT molecular complexity index is 365. The molecule has 17 heavy (non-hydrogen) atoms. The van der Waals surface area contributed by atoms with Crippen molar-refractivity contribution in [1.82, 2.24) is 4.90 Å². The molecule has 0 heterocycles. The predicted molar refractivity (Wildman–Crippen MR) is 74.5 cm³/mol. The molecule has 0 amide bonds. The van der Waals surface area contributed by atoms with E-state index >= 15 is 0 Å². The topological polar surface area (TPSA) is 27.0 Å². The quantitative estimate of drug-likeness (QED) is 0.797. The first-order valence-corrected chi connectivity index (χ1v) is 6.75. The molecular weight excluding hydrogens is 276 g/mol. The minimum atomic E-state index is 0.600. The molecule has 0 atom stereocenters. The van der Waals surface area contributed by atoms with E-state index in [0.29, 0.717) is 12.3 Å². The lowest BCUT2D eigenvalue weighted by atomic mass is 10.1. The minimum Gasteiger partial charge on any atom is -0.298 e. The van der Waals surface area contributed by atoms with Gasteiger partial charge in [0.25, 0.3) is 0 Å². The zero-order valence-electron chi connectivity index (χ0n) is 10.5. The van der Waals surface area contributed by atoms with Crippen LogP contribution in [0, 0.1) is 17.2 Å². The van der Waals surface area contributed by atoms with Crippen LogP contribution in [0.5, 0.6) is 0 Å². The van der Waals surface area contributed by atoms with E-state index in [0.717, 1.165) is 24.1 Å². The van der Waals surface area contributed by atoms with Crippen molar-refractivity contribution in [3.8, 4) is 6.07 Å². The molecule has 0 saturated heterocycles. The van der Waals surface area contributed by atoms with Crippen LogP contribution in [0.1, 0.15) is 25.8 Å². The van der Waals surface area contributed by atoms with Crippen LogP contribution in [0.3, 0.4) is 0 Å². The van der Waals surface area contributed by atoms with Gasteiger partial charge in [0.1, 0.15) is 0 Å². The monoisotopic (exact) mass is 294 g/mol. The van der Waals surface area contributed by atoms with Gasteiger partial charge < -0.3 is 0 Å². The van der Waals surface area contributed by atoms with Gasteiger partial charge in [0.2, 0.25) is 0 Å². The molecule has 0 saturated carbocycles. The summed E-state index contributed by atoms with van der Waals surface area (Å²) in [5.41, 5.74) is 1.30. The molecule has 2 nitrogen and oxygen atoms in total. The molecule has 0 aliphatic heterocycles. The Hall–Kier alpha value is -0.850. The van der Waals surface area contributed by atoms with Crippen molar-refractivity contribution in [3.63, 3.8) is 0 Å². The molecule has 3 heteroatoms. The maximum Gasteiger partial charge on any atom is 0.0635 e. The molecule has 0 radical (unpaired) electrons. The first-order chi connectivity index (χ1) is 8.11. The van der Waals surface area contributed by atoms with Crippen molar-refractivity contribution in [3.05, 3.63) is 34.3 Å². The van der Waals surface area contributed by atoms with E-state index in [9.17, 15) is 0 Å². The van der Waals surface area contributed by atoms with Gasteiger partial charge in [-0.3, -0.25) is 4.90 Å². The van der Waals surface area contributed by atoms with Crippen LogP contribution < -0.4 is 0 Å². The second kappa shape index (κ2) is 7.47.